The van der Waals surface area contributed by atoms with Crippen LogP contribution >= 0.6 is 0 Å². The van der Waals surface area contributed by atoms with Crippen molar-refractivity contribution in [3.05, 3.63) is 24.0 Å². The maximum Gasteiger partial charge on any atom is 0.0987 e. The van der Waals surface area contributed by atoms with Gasteiger partial charge in [0.2, 0.25) is 0 Å². The van der Waals surface area contributed by atoms with Gasteiger partial charge in [0.05, 0.1) is 6.17 Å². The van der Waals surface area contributed by atoms with E-state index in [1.54, 1.807) is 0 Å². The van der Waals surface area contributed by atoms with Crippen molar-refractivity contribution in [2.75, 3.05) is 33.2 Å². The van der Waals surface area contributed by atoms with E-state index in [0.29, 0.717) is 6.17 Å². The smallest absolute Gasteiger partial charge is 0.0987 e. The minimum absolute atomic E-state index is 0.330. The fourth-order valence-corrected chi connectivity index (χ4v) is 1.81. The number of hydrogen-bond acceptors (Lipinski definition) is 4. The summed E-state index contributed by atoms with van der Waals surface area (Å²) in [6, 6.07) is 0. The largest absolute Gasteiger partial charge is 0.398 e. The Labute approximate surface area is 85.0 Å². The summed E-state index contributed by atoms with van der Waals surface area (Å²) in [5, 5.41) is 3.29. The van der Waals surface area contributed by atoms with Crippen LogP contribution in [0.5, 0.6) is 0 Å². The maximum atomic E-state index is 5.63. The van der Waals surface area contributed by atoms with Gasteiger partial charge in [-0.1, -0.05) is 0 Å². The van der Waals surface area contributed by atoms with E-state index >= 15 is 0 Å². The lowest BCUT2D eigenvalue weighted by Gasteiger charge is -2.37. The molecule has 0 spiro atoms. The average Bonchev–Trinajstić information content (AvgIpc) is 2.21. The number of allylic oxidation sites excluding steroid dienone is 1. The van der Waals surface area contributed by atoms with Crippen molar-refractivity contribution in [2.45, 2.75) is 6.17 Å². The molecule has 0 aromatic carbocycles. The lowest BCUT2D eigenvalue weighted by molar-refractivity contribution is 0.121. The molecule has 1 unspecified atom stereocenters. The number of rotatable bonds is 1. The highest BCUT2D eigenvalue weighted by Crippen LogP contribution is 2.07. The molecular formula is C10H18N4. The molecule has 2 aliphatic heterocycles. The van der Waals surface area contributed by atoms with Gasteiger partial charge in [0.25, 0.3) is 0 Å². The zero-order valence-electron chi connectivity index (χ0n) is 8.61. The Bertz CT molecular complexity index is 251. The number of dihydropyridines is 1. The molecule has 0 radical (unpaired) electrons. The van der Waals surface area contributed by atoms with Gasteiger partial charge in [0.15, 0.2) is 0 Å². The highest BCUT2D eigenvalue weighted by Gasteiger charge is 2.20. The molecule has 1 saturated heterocycles. The van der Waals surface area contributed by atoms with Crippen molar-refractivity contribution < 1.29 is 0 Å². The molecule has 2 heterocycles. The maximum absolute atomic E-state index is 5.63. The zero-order chi connectivity index (χ0) is 9.97. The van der Waals surface area contributed by atoms with Crippen LogP contribution in [0.1, 0.15) is 0 Å². The molecule has 0 saturated carbocycles. The lowest BCUT2D eigenvalue weighted by Crippen LogP contribution is -2.52. The normalized spacial score (nSPS) is 29.8. The van der Waals surface area contributed by atoms with Gasteiger partial charge >= 0.3 is 0 Å². The Hall–Kier alpha value is -1.00. The van der Waals surface area contributed by atoms with E-state index in [1.165, 1.54) is 0 Å². The molecular weight excluding hydrogens is 176 g/mol. The molecule has 2 rings (SSSR count). The van der Waals surface area contributed by atoms with E-state index in [-0.39, 0.29) is 0 Å². The monoisotopic (exact) mass is 194 g/mol. The minimum atomic E-state index is 0.330. The third kappa shape index (κ3) is 2.08. The van der Waals surface area contributed by atoms with Gasteiger partial charge < -0.3 is 16.0 Å². The molecule has 1 fully saturated rings. The van der Waals surface area contributed by atoms with E-state index in [2.05, 4.69) is 28.2 Å². The van der Waals surface area contributed by atoms with Crippen LogP contribution in [0.15, 0.2) is 24.0 Å². The third-order valence-corrected chi connectivity index (χ3v) is 2.82. The van der Waals surface area contributed by atoms with Crippen molar-refractivity contribution in [1.29, 1.82) is 0 Å². The van der Waals surface area contributed by atoms with Crippen LogP contribution in [0.2, 0.25) is 0 Å². The Morgan fingerprint density at radius 2 is 2.07 bits per heavy atom. The molecule has 0 bridgehead atoms. The van der Waals surface area contributed by atoms with Gasteiger partial charge in [0, 0.05) is 38.1 Å². The second-order valence-corrected chi connectivity index (χ2v) is 3.95. The van der Waals surface area contributed by atoms with Crippen molar-refractivity contribution in [3.8, 4) is 0 Å². The molecule has 3 N–H and O–H groups in total. The Morgan fingerprint density at radius 1 is 1.36 bits per heavy atom. The van der Waals surface area contributed by atoms with Crippen LogP contribution in [-0.4, -0.2) is 49.2 Å². The fourth-order valence-electron chi connectivity index (χ4n) is 1.81. The van der Waals surface area contributed by atoms with Crippen LogP contribution in [0.4, 0.5) is 0 Å². The molecule has 14 heavy (non-hydrogen) atoms. The van der Waals surface area contributed by atoms with Crippen molar-refractivity contribution in [3.63, 3.8) is 0 Å². The fraction of sp³-hybridized carbons (Fsp3) is 0.600. The molecule has 2 aliphatic rings. The summed E-state index contributed by atoms with van der Waals surface area (Å²) in [7, 11) is 2.17. The number of hydrogen-bond donors (Lipinski definition) is 2. The van der Waals surface area contributed by atoms with Crippen molar-refractivity contribution in [1.82, 2.24) is 15.1 Å². The molecule has 0 aromatic heterocycles. The third-order valence-electron chi connectivity index (χ3n) is 2.82. The highest BCUT2D eigenvalue weighted by atomic mass is 15.3. The molecule has 0 aliphatic carbocycles. The first-order valence-corrected chi connectivity index (χ1v) is 5.08. The molecule has 78 valence electrons. The topological polar surface area (TPSA) is 44.5 Å². The summed E-state index contributed by atoms with van der Waals surface area (Å²) < 4.78 is 0. The molecule has 4 heteroatoms. The number of likely N-dealkylation sites (N-methyl/N-ethyl adjacent to an activating group) is 1. The first-order chi connectivity index (χ1) is 6.75. The lowest BCUT2D eigenvalue weighted by atomic mass is 10.2. The SMILES string of the molecule is CN1CCN(C2C=CC(N)=CN2)CC1. The molecule has 1 atom stereocenters. The first kappa shape index (κ1) is 9.55. The van der Waals surface area contributed by atoms with Crippen molar-refractivity contribution >= 4 is 0 Å². The Morgan fingerprint density at radius 3 is 2.64 bits per heavy atom. The predicted octanol–water partition coefficient (Wildman–Crippen LogP) is -0.481. The van der Waals surface area contributed by atoms with Gasteiger partial charge in [-0.25, -0.2) is 0 Å². The second-order valence-electron chi connectivity index (χ2n) is 3.95. The summed E-state index contributed by atoms with van der Waals surface area (Å²) in [5.74, 6) is 0. The van der Waals surface area contributed by atoms with Gasteiger partial charge in [-0.3, -0.25) is 4.90 Å². The van der Waals surface area contributed by atoms with E-state index in [4.69, 9.17) is 5.73 Å². The Balaban J connectivity index is 1.88. The average molecular weight is 194 g/mol. The van der Waals surface area contributed by atoms with Gasteiger partial charge in [-0.05, 0) is 19.2 Å². The van der Waals surface area contributed by atoms with E-state index in [9.17, 15) is 0 Å². The number of nitrogens with one attached hydrogen (secondary N) is 1. The predicted molar refractivity (Wildman–Crippen MR) is 57.4 cm³/mol. The Kier molecular flexibility index (Phi) is 2.74. The first-order valence-electron chi connectivity index (χ1n) is 5.08. The number of nitrogens with two attached hydrogens (primary N) is 1. The summed E-state index contributed by atoms with van der Waals surface area (Å²) in [6.07, 6.45) is 6.30. The molecule has 0 aromatic rings. The van der Waals surface area contributed by atoms with Gasteiger partial charge in [-0.15, -0.1) is 0 Å². The summed E-state index contributed by atoms with van der Waals surface area (Å²) in [4.78, 5) is 4.78. The summed E-state index contributed by atoms with van der Waals surface area (Å²) in [5.41, 5.74) is 6.43. The van der Waals surface area contributed by atoms with Crippen LogP contribution < -0.4 is 11.1 Å². The summed E-state index contributed by atoms with van der Waals surface area (Å²) >= 11 is 0. The van der Waals surface area contributed by atoms with Crippen LogP contribution in [0.3, 0.4) is 0 Å². The van der Waals surface area contributed by atoms with Crippen LogP contribution in [0.25, 0.3) is 0 Å². The standard InChI is InChI=1S/C10H18N4/c1-13-4-6-14(7-5-13)10-3-2-9(11)8-12-10/h2-3,8,10,12H,4-7,11H2,1H3. The molecule has 4 nitrogen and oxygen atoms in total. The number of piperazine rings is 1. The highest BCUT2D eigenvalue weighted by molar-refractivity contribution is 5.20. The minimum Gasteiger partial charge on any atom is -0.398 e. The van der Waals surface area contributed by atoms with Crippen LogP contribution in [0, 0.1) is 0 Å². The van der Waals surface area contributed by atoms with Crippen molar-refractivity contribution in [2.24, 2.45) is 5.73 Å². The summed E-state index contributed by atoms with van der Waals surface area (Å²) in [6.45, 7) is 4.52. The quantitative estimate of drug-likeness (QED) is 0.592. The zero-order valence-corrected chi connectivity index (χ0v) is 8.61. The van der Waals surface area contributed by atoms with Gasteiger partial charge in [0.1, 0.15) is 0 Å². The molecule has 0 amide bonds. The number of nitrogens with zero attached hydrogens (tertiary/aromatic N) is 2. The van der Waals surface area contributed by atoms with E-state index in [1.807, 2.05) is 12.3 Å². The van der Waals surface area contributed by atoms with E-state index < -0.39 is 0 Å². The van der Waals surface area contributed by atoms with Gasteiger partial charge in [-0.2, -0.15) is 0 Å². The van der Waals surface area contributed by atoms with E-state index in [0.717, 1.165) is 31.9 Å². The second kappa shape index (κ2) is 4.02. The van der Waals surface area contributed by atoms with Crippen LogP contribution in [-0.2, 0) is 0 Å².